The van der Waals surface area contributed by atoms with E-state index in [1.807, 2.05) is 12.1 Å². The number of hydrogen-bond donors (Lipinski definition) is 1. The molecule has 0 aliphatic rings. The molecule has 0 radical (unpaired) electrons. The van der Waals surface area contributed by atoms with Crippen LogP contribution in [0.15, 0.2) is 54.9 Å². The average Bonchev–Trinajstić information content (AvgIpc) is 3.10. The van der Waals surface area contributed by atoms with Crippen molar-refractivity contribution in [2.45, 2.75) is 13.3 Å². The van der Waals surface area contributed by atoms with E-state index in [1.54, 1.807) is 36.4 Å². The Hall–Kier alpha value is -2.95. The van der Waals surface area contributed by atoms with Gasteiger partial charge in [0.05, 0.1) is 5.56 Å². The molecule has 0 aliphatic heterocycles. The monoisotopic (exact) mass is 293 g/mol. The van der Waals surface area contributed by atoms with Gasteiger partial charge in [-0.15, -0.1) is 0 Å². The predicted octanol–water partition coefficient (Wildman–Crippen LogP) is 3.25. The van der Waals surface area contributed by atoms with Gasteiger partial charge in [0.15, 0.2) is 5.82 Å². The lowest BCUT2D eigenvalue weighted by molar-refractivity contribution is 0.0735. The Morgan fingerprint density at radius 2 is 1.82 bits per heavy atom. The summed E-state index contributed by atoms with van der Waals surface area (Å²) in [6.45, 7) is 2.08. The van der Waals surface area contributed by atoms with E-state index in [0.717, 1.165) is 12.0 Å². The zero-order chi connectivity index (χ0) is 15.4. The lowest BCUT2D eigenvalue weighted by Gasteiger charge is -2.05. The molecule has 0 unspecified atom stereocenters. The summed E-state index contributed by atoms with van der Waals surface area (Å²) in [5, 5.41) is 6.57. The molecule has 5 nitrogen and oxygen atoms in total. The molecule has 1 aromatic heterocycles. The summed E-state index contributed by atoms with van der Waals surface area (Å²) < 4.78 is 5.36. The van der Waals surface area contributed by atoms with Crippen molar-refractivity contribution in [3.05, 3.63) is 66.0 Å². The van der Waals surface area contributed by atoms with Crippen LogP contribution in [0.3, 0.4) is 0 Å². The molecule has 0 saturated heterocycles. The molecule has 3 rings (SSSR count). The lowest BCUT2D eigenvalue weighted by Crippen LogP contribution is -2.08. The van der Waals surface area contributed by atoms with Crippen LogP contribution in [0, 0.1) is 0 Å². The molecule has 0 fully saturated rings. The van der Waals surface area contributed by atoms with Gasteiger partial charge in [0, 0.05) is 5.56 Å². The van der Waals surface area contributed by atoms with Crippen molar-refractivity contribution >= 4 is 5.97 Å². The van der Waals surface area contributed by atoms with Crippen molar-refractivity contribution in [2.75, 3.05) is 0 Å². The second kappa shape index (κ2) is 6.22. The van der Waals surface area contributed by atoms with Gasteiger partial charge < -0.3 is 4.74 Å². The predicted molar refractivity (Wildman–Crippen MR) is 82.6 cm³/mol. The molecule has 110 valence electrons. The second-order valence-electron chi connectivity index (χ2n) is 4.80. The van der Waals surface area contributed by atoms with Gasteiger partial charge in [0.1, 0.15) is 12.1 Å². The molecule has 0 aliphatic carbocycles. The molecular weight excluding hydrogens is 278 g/mol. The second-order valence-corrected chi connectivity index (χ2v) is 4.80. The molecule has 0 spiro atoms. The number of nitrogens with zero attached hydrogens (tertiary/aromatic N) is 2. The minimum absolute atomic E-state index is 0.381. The minimum atomic E-state index is -0.381. The quantitative estimate of drug-likeness (QED) is 0.592. The first-order valence-electron chi connectivity index (χ1n) is 7.03. The van der Waals surface area contributed by atoms with E-state index in [1.165, 1.54) is 11.9 Å². The van der Waals surface area contributed by atoms with Gasteiger partial charge in [0.2, 0.25) is 0 Å². The highest BCUT2D eigenvalue weighted by atomic mass is 16.5. The molecule has 0 bridgehead atoms. The Balaban J connectivity index is 1.71. The lowest BCUT2D eigenvalue weighted by atomic mass is 10.1. The van der Waals surface area contributed by atoms with Gasteiger partial charge >= 0.3 is 5.97 Å². The molecule has 5 heteroatoms. The molecule has 2 aromatic carbocycles. The SMILES string of the molecule is CCc1ccc(OC(=O)c2ccc(-c3ncn[nH]3)cc2)cc1. The Morgan fingerprint density at radius 3 is 2.41 bits per heavy atom. The Bertz CT molecular complexity index is 748. The number of aromatic nitrogens is 3. The topological polar surface area (TPSA) is 67.9 Å². The number of carbonyl (C=O) groups excluding carboxylic acids is 1. The number of carbonyl (C=O) groups is 1. The van der Waals surface area contributed by atoms with Crippen LogP contribution >= 0.6 is 0 Å². The van der Waals surface area contributed by atoms with E-state index < -0.39 is 0 Å². The number of ether oxygens (including phenoxy) is 1. The molecular formula is C17H15N3O2. The zero-order valence-corrected chi connectivity index (χ0v) is 12.1. The maximum atomic E-state index is 12.1. The van der Waals surface area contributed by atoms with Crippen LogP contribution in [0.1, 0.15) is 22.8 Å². The first-order chi connectivity index (χ1) is 10.8. The van der Waals surface area contributed by atoms with Gasteiger partial charge in [-0.2, -0.15) is 5.10 Å². The summed E-state index contributed by atoms with van der Waals surface area (Å²) in [6.07, 6.45) is 2.40. The Labute approximate surface area is 128 Å². The van der Waals surface area contributed by atoms with E-state index in [9.17, 15) is 4.79 Å². The summed E-state index contributed by atoms with van der Waals surface area (Å²) in [7, 11) is 0. The van der Waals surface area contributed by atoms with Gasteiger partial charge in [0.25, 0.3) is 0 Å². The van der Waals surface area contributed by atoms with Crippen molar-refractivity contribution in [3.8, 4) is 17.1 Å². The Kier molecular flexibility index (Phi) is 3.96. The number of aryl methyl sites for hydroxylation is 1. The fourth-order valence-corrected chi connectivity index (χ4v) is 2.07. The maximum absolute atomic E-state index is 12.1. The number of benzene rings is 2. The third-order valence-corrected chi connectivity index (χ3v) is 3.35. The van der Waals surface area contributed by atoms with E-state index in [2.05, 4.69) is 22.1 Å². The molecule has 0 atom stereocenters. The van der Waals surface area contributed by atoms with Gasteiger partial charge in [-0.3, -0.25) is 5.10 Å². The van der Waals surface area contributed by atoms with Crippen molar-refractivity contribution in [3.63, 3.8) is 0 Å². The van der Waals surface area contributed by atoms with Crippen LogP contribution < -0.4 is 4.74 Å². The van der Waals surface area contributed by atoms with E-state index in [4.69, 9.17) is 4.74 Å². The fraction of sp³-hybridized carbons (Fsp3) is 0.118. The van der Waals surface area contributed by atoms with Gasteiger partial charge in [-0.05, 0) is 36.2 Å². The number of aromatic amines is 1. The van der Waals surface area contributed by atoms with Crippen molar-refractivity contribution in [1.29, 1.82) is 0 Å². The van der Waals surface area contributed by atoms with Crippen LogP contribution in [0.4, 0.5) is 0 Å². The number of rotatable bonds is 4. The summed E-state index contributed by atoms with van der Waals surface area (Å²) in [5.74, 6) is 0.824. The number of H-pyrrole nitrogens is 1. The normalized spacial score (nSPS) is 10.4. The molecule has 3 aromatic rings. The molecule has 0 amide bonds. The van der Waals surface area contributed by atoms with Crippen LogP contribution in [-0.2, 0) is 6.42 Å². The van der Waals surface area contributed by atoms with Crippen LogP contribution in [-0.4, -0.2) is 21.2 Å². The van der Waals surface area contributed by atoms with Crippen molar-refractivity contribution in [2.24, 2.45) is 0 Å². The minimum Gasteiger partial charge on any atom is -0.423 e. The smallest absolute Gasteiger partial charge is 0.343 e. The van der Waals surface area contributed by atoms with Crippen LogP contribution in [0.25, 0.3) is 11.4 Å². The molecule has 1 heterocycles. The summed E-state index contributed by atoms with van der Waals surface area (Å²) >= 11 is 0. The standard InChI is InChI=1S/C17H15N3O2/c1-2-12-3-9-15(10-4-12)22-17(21)14-7-5-13(6-8-14)16-18-11-19-20-16/h3-11H,2H2,1H3,(H,18,19,20). The summed E-state index contributed by atoms with van der Waals surface area (Å²) in [5.41, 5.74) is 2.56. The third-order valence-electron chi connectivity index (χ3n) is 3.35. The van der Waals surface area contributed by atoms with E-state index in [-0.39, 0.29) is 5.97 Å². The molecule has 22 heavy (non-hydrogen) atoms. The number of esters is 1. The highest BCUT2D eigenvalue weighted by molar-refractivity contribution is 5.91. The summed E-state index contributed by atoms with van der Waals surface area (Å²) in [4.78, 5) is 16.2. The van der Waals surface area contributed by atoms with Crippen molar-refractivity contribution in [1.82, 2.24) is 15.2 Å². The van der Waals surface area contributed by atoms with Crippen LogP contribution in [0.5, 0.6) is 5.75 Å². The largest absolute Gasteiger partial charge is 0.423 e. The third kappa shape index (κ3) is 3.03. The van der Waals surface area contributed by atoms with Crippen molar-refractivity contribution < 1.29 is 9.53 Å². The number of nitrogens with one attached hydrogen (secondary N) is 1. The van der Waals surface area contributed by atoms with Gasteiger partial charge in [-0.1, -0.05) is 31.2 Å². The zero-order valence-electron chi connectivity index (χ0n) is 12.1. The summed E-state index contributed by atoms with van der Waals surface area (Å²) in [6, 6.07) is 14.5. The highest BCUT2D eigenvalue weighted by Gasteiger charge is 2.09. The number of hydrogen-bond acceptors (Lipinski definition) is 4. The first-order valence-corrected chi connectivity index (χ1v) is 7.03. The average molecular weight is 293 g/mol. The first kappa shape index (κ1) is 14.0. The highest BCUT2D eigenvalue weighted by Crippen LogP contribution is 2.17. The van der Waals surface area contributed by atoms with Gasteiger partial charge in [-0.25, -0.2) is 9.78 Å². The van der Waals surface area contributed by atoms with Crippen LogP contribution in [0.2, 0.25) is 0 Å². The van der Waals surface area contributed by atoms with E-state index in [0.29, 0.717) is 17.1 Å². The Morgan fingerprint density at radius 1 is 1.09 bits per heavy atom. The maximum Gasteiger partial charge on any atom is 0.343 e. The molecule has 0 saturated carbocycles. The molecule has 1 N–H and O–H groups in total. The fourth-order valence-electron chi connectivity index (χ4n) is 2.07. The van der Waals surface area contributed by atoms with E-state index >= 15 is 0 Å².